The number of carbonyl (C=O) groups is 1. The summed E-state index contributed by atoms with van der Waals surface area (Å²) in [6.45, 7) is 5.08. The van der Waals surface area contributed by atoms with Crippen LogP contribution in [0.3, 0.4) is 0 Å². The molecule has 0 aliphatic heterocycles. The van der Waals surface area contributed by atoms with Crippen LogP contribution < -0.4 is 14.2 Å². The standard InChI is InChI=1S/C21H25F3N2O5S/c1-5-32(28,29)31-19-12-15(6-11-18(19)30-4)13-26(14(2)3)20(27)25-17-9-7-16(8-10-17)21(22,23)24/h6-12,14H,5,13H2,1-4H3,(H,25,27). The van der Waals surface area contributed by atoms with E-state index in [2.05, 4.69) is 5.32 Å². The van der Waals surface area contributed by atoms with Gasteiger partial charge in [0.05, 0.1) is 18.4 Å². The van der Waals surface area contributed by atoms with Gasteiger partial charge in [0.25, 0.3) is 0 Å². The lowest BCUT2D eigenvalue weighted by Gasteiger charge is -2.27. The molecule has 2 amide bonds. The molecular weight excluding hydrogens is 449 g/mol. The lowest BCUT2D eigenvalue weighted by Crippen LogP contribution is -2.39. The molecule has 0 fully saturated rings. The number of nitrogens with zero attached hydrogens (tertiary/aromatic N) is 1. The van der Waals surface area contributed by atoms with Crippen molar-refractivity contribution in [3.8, 4) is 11.5 Å². The molecule has 0 heterocycles. The number of hydrogen-bond acceptors (Lipinski definition) is 5. The minimum Gasteiger partial charge on any atom is -0.493 e. The first-order valence-electron chi connectivity index (χ1n) is 9.70. The predicted molar refractivity (Wildman–Crippen MR) is 114 cm³/mol. The van der Waals surface area contributed by atoms with Crippen LogP contribution in [0.5, 0.6) is 11.5 Å². The van der Waals surface area contributed by atoms with Crippen LogP contribution in [-0.4, -0.2) is 38.3 Å². The molecule has 1 N–H and O–H groups in total. The number of alkyl halides is 3. The first-order valence-corrected chi connectivity index (χ1v) is 11.3. The quantitative estimate of drug-likeness (QED) is 0.551. The summed E-state index contributed by atoms with van der Waals surface area (Å²) in [6.07, 6.45) is -4.47. The molecule has 0 atom stereocenters. The van der Waals surface area contributed by atoms with E-state index in [0.29, 0.717) is 5.56 Å². The van der Waals surface area contributed by atoms with Gasteiger partial charge < -0.3 is 19.1 Å². The van der Waals surface area contributed by atoms with Crippen LogP contribution in [0.4, 0.5) is 23.7 Å². The monoisotopic (exact) mass is 474 g/mol. The van der Waals surface area contributed by atoms with Crippen LogP contribution in [0, 0.1) is 0 Å². The molecule has 2 aromatic rings. The number of benzene rings is 2. The predicted octanol–water partition coefficient (Wildman–Crippen LogP) is 4.89. The number of hydrogen-bond donors (Lipinski definition) is 1. The summed E-state index contributed by atoms with van der Waals surface area (Å²) in [6, 6.07) is 7.98. The Balaban J connectivity index is 2.21. The van der Waals surface area contributed by atoms with Gasteiger partial charge in [0.2, 0.25) is 0 Å². The summed E-state index contributed by atoms with van der Waals surface area (Å²) in [5.74, 6) is -0.0107. The maximum Gasteiger partial charge on any atom is 0.416 e. The Morgan fingerprint density at radius 1 is 1.09 bits per heavy atom. The molecule has 2 rings (SSSR count). The van der Waals surface area contributed by atoms with Gasteiger partial charge in [-0.2, -0.15) is 21.6 Å². The van der Waals surface area contributed by atoms with Gasteiger partial charge in [0.1, 0.15) is 0 Å². The van der Waals surface area contributed by atoms with Gasteiger partial charge in [-0.3, -0.25) is 0 Å². The zero-order valence-corrected chi connectivity index (χ0v) is 18.9. The fraction of sp³-hybridized carbons (Fsp3) is 0.381. The highest BCUT2D eigenvalue weighted by molar-refractivity contribution is 7.87. The fourth-order valence-corrected chi connectivity index (χ4v) is 3.23. The van der Waals surface area contributed by atoms with E-state index in [0.717, 1.165) is 12.1 Å². The van der Waals surface area contributed by atoms with Gasteiger partial charge in [0, 0.05) is 18.3 Å². The molecule has 176 valence electrons. The van der Waals surface area contributed by atoms with Crippen molar-refractivity contribution in [2.75, 3.05) is 18.2 Å². The molecule has 2 aromatic carbocycles. The second-order valence-corrected chi connectivity index (χ2v) is 9.00. The Kier molecular flexibility index (Phi) is 8.00. The van der Waals surface area contributed by atoms with Gasteiger partial charge >= 0.3 is 22.3 Å². The van der Waals surface area contributed by atoms with E-state index in [9.17, 15) is 26.4 Å². The van der Waals surface area contributed by atoms with Crippen molar-refractivity contribution in [2.45, 2.75) is 39.5 Å². The molecule has 0 saturated carbocycles. The molecule has 0 radical (unpaired) electrons. The van der Waals surface area contributed by atoms with Crippen LogP contribution in [0.2, 0.25) is 0 Å². The first kappa shape index (κ1) is 25.3. The van der Waals surface area contributed by atoms with E-state index in [1.807, 2.05) is 0 Å². The van der Waals surface area contributed by atoms with E-state index in [1.54, 1.807) is 19.9 Å². The number of ether oxygens (including phenoxy) is 1. The minimum atomic E-state index is -4.47. The smallest absolute Gasteiger partial charge is 0.416 e. The average Bonchev–Trinajstić information content (AvgIpc) is 2.71. The Labute approximate surface area is 185 Å². The van der Waals surface area contributed by atoms with E-state index < -0.39 is 27.9 Å². The highest BCUT2D eigenvalue weighted by Gasteiger charge is 2.30. The molecule has 0 aliphatic rings. The summed E-state index contributed by atoms with van der Waals surface area (Å²) in [5, 5.41) is 2.57. The molecule has 32 heavy (non-hydrogen) atoms. The van der Waals surface area contributed by atoms with E-state index >= 15 is 0 Å². The summed E-state index contributed by atoms with van der Waals surface area (Å²) in [4.78, 5) is 14.2. The van der Waals surface area contributed by atoms with Crippen molar-refractivity contribution in [1.29, 1.82) is 0 Å². The van der Waals surface area contributed by atoms with Crippen molar-refractivity contribution in [1.82, 2.24) is 4.90 Å². The van der Waals surface area contributed by atoms with Crippen LogP contribution in [0.1, 0.15) is 31.9 Å². The maximum absolute atomic E-state index is 12.8. The normalized spacial score (nSPS) is 11.9. The average molecular weight is 475 g/mol. The number of methoxy groups -OCH3 is 1. The van der Waals surface area contributed by atoms with Crippen molar-refractivity contribution in [3.05, 3.63) is 53.6 Å². The molecule has 0 spiro atoms. The highest BCUT2D eigenvalue weighted by atomic mass is 32.2. The van der Waals surface area contributed by atoms with Crippen LogP contribution in [0.15, 0.2) is 42.5 Å². The number of carbonyl (C=O) groups excluding carboxylic acids is 1. The van der Waals surface area contributed by atoms with Gasteiger partial charge in [-0.25, -0.2) is 4.79 Å². The topological polar surface area (TPSA) is 84.9 Å². The zero-order chi connectivity index (χ0) is 24.1. The van der Waals surface area contributed by atoms with Gasteiger partial charge in [-0.05, 0) is 62.7 Å². The van der Waals surface area contributed by atoms with Crippen LogP contribution in [-0.2, 0) is 22.8 Å². The van der Waals surface area contributed by atoms with E-state index in [1.165, 1.54) is 43.2 Å². The van der Waals surface area contributed by atoms with E-state index in [-0.39, 0.29) is 35.5 Å². The first-order chi connectivity index (χ1) is 14.9. The Hall–Kier alpha value is -2.95. The number of anilines is 1. The van der Waals surface area contributed by atoms with Crippen LogP contribution >= 0.6 is 0 Å². The fourth-order valence-electron chi connectivity index (χ4n) is 2.70. The minimum absolute atomic E-state index is 0.00120. The van der Waals surface area contributed by atoms with Crippen molar-refractivity contribution >= 4 is 21.8 Å². The molecule has 0 saturated heterocycles. The van der Waals surface area contributed by atoms with Crippen molar-refractivity contribution < 1.29 is 35.3 Å². The zero-order valence-electron chi connectivity index (χ0n) is 18.1. The van der Waals surface area contributed by atoms with Crippen molar-refractivity contribution in [2.24, 2.45) is 0 Å². The summed E-state index contributed by atoms with van der Waals surface area (Å²) >= 11 is 0. The molecule has 7 nitrogen and oxygen atoms in total. The largest absolute Gasteiger partial charge is 0.493 e. The maximum atomic E-state index is 12.8. The number of nitrogens with one attached hydrogen (secondary N) is 1. The number of urea groups is 1. The third-order valence-corrected chi connectivity index (χ3v) is 5.64. The highest BCUT2D eigenvalue weighted by Crippen LogP contribution is 2.31. The SMILES string of the molecule is CCS(=O)(=O)Oc1cc(CN(C(=O)Nc2ccc(C(F)(F)F)cc2)C(C)C)ccc1OC. The summed E-state index contributed by atoms with van der Waals surface area (Å²) < 4.78 is 72.1. The molecule has 0 bridgehead atoms. The molecular formula is C21H25F3N2O5S. The van der Waals surface area contributed by atoms with E-state index in [4.69, 9.17) is 8.92 Å². The van der Waals surface area contributed by atoms with Crippen molar-refractivity contribution in [3.63, 3.8) is 0 Å². The molecule has 11 heteroatoms. The Morgan fingerprint density at radius 2 is 1.72 bits per heavy atom. The molecule has 0 aliphatic carbocycles. The number of amides is 2. The van der Waals surface area contributed by atoms with Crippen LogP contribution in [0.25, 0.3) is 0 Å². The third kappa shape index (κ3) is 6.78. The number of halogens is 3. The van der Waals surface area contributed by atoms with Gasteiger partial charge in [0.15, 0.2) is 11.5 Å². The Morgan fingerprint density at radius 3 is 2.22 bits per heavy atom. The van der Waals surface area contributed by atoms with Gasteiger partial charge in [-0.1, -0.05) is 6.07 Å². The lowest BCUT2D eigenvalue weighted by atomic mass is 10.1. The lowest BCUT2D eigenvalue weighted by molar-refractivity contribution is -0.137. The molecule has 0 unspecified atom stereocenters. The molecule has 0 aromatic heterocycles. The second kappa shape index (κ2) is 10.1. The second-order valence-electron chi connectivity index (χ2n) is 7.14. The van der Waals surface area contributed by atoms with Gasteiger partial charge in [-0.15, -0.1) is 0 Å². The number of rotatable bonds is 8. The summed E-state index contributed by atoms with van der Waals surface area (Å²) in [7, 11) is -2.42. The third-order valence-electron chi connectivity index (χ3n) is 4.50. The Bertz CT molecular complexity index is 1040. The summed E-state index contributed by atoms with van der Waals surface area (Å²) in [5.41, 5.74) is -0.0335.